The van der Waals surface area contributed by atoms with Crippen LogP contribution in [0.5, 0.6) is 11.5 Å². The number of ether oxygens (including phenoxy) is 3. The minimum atomic E-state index is 0.295. The molecule has 1 N–H and O–H groups in total. The zero-order chi connectivity index (χ0) is 12.8. The minimum Gasteiger partial charge on any atom is -0.502 e. The van der Waals surface area contributed by atoms with Gasteiger partial charge < -0.3 is 19.5 Å². The average molecular weight is 314 g/mol. The van der Waals surface area contributed by atoms with E-state index in [0.29, 0.717) is 13.4 Å². The summed E-state index contributed by atoms with van der Waals surface area (Å²) in [6.45, 7) is 6.18. The van der Waals surface area contributed by atoms with E-state index in [2.05, 4.69) is 27.8 Å². The molecule has 18 heavy (non-hydrogen) atoms. The molecule has 2 rings (SSSR count). The van der Waals surface area contributed by atoms with Crippen LogP contribution in [-0.4, -0.2) is 19.9 Å². The zero-order valence-electron chi connectivity index (χ0n) is 10.1. The molecule has 1 aliphatic heterocycles. The number of hydrogen-bond donors (Lipinski definition) is 1. The lowest BCUT2D eigenvalue weighted by Crippen LogP contribution is -2.16. The molecule has 1 heterocycles. The van der Waals surface area contributed by atoms with Crippen LogP contribution < -0.4 is 14.8 Å². The highest BCUT2D eigenvalue weighted by molar-refractivity contribution is 9.10. The van der Waals surface area contributed by atoms with E-state index < -0.39 is 0 Å². The van der Waals surface area contributed by atoms with Crippen LogP contribution in [0.3, 0.4) is 0 Å². The number of fused-ring (bicyclic) bond motifs is 1. The monoisotopic (exact) mass is 313 g/mol. The maximum atomic E-state index is 5.37. The Balaban J connectivity index is 1.79. The van der Waals surface area contributed by atoms with Gasteiger partial charge in [0.15, 0.2) is 11.5 Å². The molecule has 1 aromatic rings. The van der Waals surface area contributed by atoms with E-state index in [-0.39, 0.29) is 0 Å². The first-order valence-electron chi connectivity index (χ1n) is 5.82. The third-order valence-corrected chi connectivity index (χ3v) is 3.14. The highest BCUT2D eigenvalue weighted by atomic mass is 79.9. The van der Waals surface area contributed by atoms with Gasteiger partial charge in [-0.15, -0.1) is 0 Å². The minimum absolute atomic E-state index is 0.295. The molecule has 0 aromatic heterocycles. The van der Waals surface area contributed by atoms with Gasteiger partial charge in [0.2, 0.25) is 6.79 Å². The fourth-order valence-electron chi connectivity index (χ4n) is 1.72. The first-order valence-corrected chi connectivity index (χ1v) is 6.62. The van der Waals surface area contributed by atoms with Crippen LogP contribution >= 0.6 is 15.9 Å². The Kier molecular flexibility index (Phi) is 4.90. The largest absolute Gasteiger partial charge is 0.502 e. The molecule has 0 aliphatic carbocycles. The van der Waals surface area contributed by atoms with E-state index in [1.807, 2.05) is 12.1 Å². The molecular weight excluding hydrogens is 298 g/mol. The second-order valence-corrected chi connectivity index (χ2v) is 4.73. The summed E-state index contributed by atoms with van der Waals surface area (Å²) in [6.07, 6.45) is 2.42. The van der Waals surface area contributed by atoms with Gasteiger partial charge in [-0.05, 0) is 46.6 Å². The number of benzene rings is 1. The molecular formula is C13H16BrNO3. The highest BCUT2D eigenvalue weighted by Crippen LogP contribution is 2.39. The molecule has 0 amide bonds. The fraction of sp³-hybridized carbons (Fsp3) is 0.385. The lowest BCUT2D eigenvalue weighted by Gasteiger charge is -2.07. The third kappa shape index (κ3) is 3.40. The van der Waals surface area contributed by atoms with Gasteiger partial charge in [0.1, 0.15) is 0 Å². The van der Waals surface area contributed by atoms with Crippen molar-refractivity contribution in [3.63, 3.8) is 0 Å². The average Bonchev–Trinajstić information content (AvgIpc) is 2.82. The van der Waals surface area contributed by atoms with E-state index in [1.54, 1.807) is 0 Å². The lowest BCUT2D eigenvalue weighted by molar-refractivity contribution is 0.173. The molecule has 1 aromatic carbocycles. The van der Waals surface area contributed by atoms with Crippen LogP contribution in [0.15, 0.2) is 29.4 Å². The fourth-order valence-corrected chi connectivity index (χ4v) is 2.32. The van der Waals surface area contributed by atoms with E-state index >= 15 is 0 Å². The standard InChI is InChI=1S/C13H16BrNO3/c1-2-16-5-3-4-15-8-10-6-11(14)13-12(7-10)17-9-18-13/h2,6-7,15H,1,3-5,8-9H2. The van der Waals surface area contributed by atoms with Crippen molar-refractivity contribution in [1.82, 2.24) is 5.32 Å². The van der Waals surface area contributed by atoms with Crippen molar-refractivity contribution in [1.29, 1.82) is 0 Å². The molecule has 0 saturated carbocycles. The Bertz CT molecular complexity index is 423. The predicted molar refractivity (Wildman–Crippen MR) is 72.7 cm³/mol. The summed E-state index contributed by atoms with van der Waals surface area (Å²) >= 11 is 3.48. The SMILES string of the molecule is C=COCCCNCc1cc(Br)c2c(c1)OCO2. The summed E-state index contributed by atoms with van der Waals surface area (Å²) in [5.74, 6) is 1.59. The molecule has 0 bridgehead atoms. The smallest absolute Gasteiger partial charge is 0.231 e. The van der Waals surface area contributed by atoms with Crippen LogP contribution in [0.25, 0.3) is 0 Å². The van der Waals surface area contributed by atoms with Crippen molar-refractivity contribution < 1.29 is 14.2 Å². The maximum absolute atomic E-state index is 5.37. The topological polar surface area (TPSA) is 39.7 Å². The van der Waals surface area contributed by atoms with Crippen molar-refractivity contribution in [2.45, 2.75) is 13.0 Å². The Morgan fingerprint density at radius 2 is 2.33 bits per heavy atom. The van der Waals surface area contributed by atoms with Crippen LogP contribution in [0.2, 0.25) is 0 Å². The van der Waals surface area contributed by atoms with Crippen LogP contribution in [0.1, 0.15) is 12.0 Å². The maximum Gasteiger partial charge on any atom is 0.231 e. The van der Waals surface area contributed by atoms with Gasteiger partial charge in [-0.1, -0.05) is 6.58 Å². The van der Waals surface area contributed by atoms with Crippen molar-refractivity contribution in [2.75, 3.05) is 19.9 Å². The summed E-state index contributed by atoms with van der Waals surface area (Å²) in [4.78, 5) is 0. The Labute approximate surface area is 115 Å². The summed E-state index contributed by atoms with van der Waals surface area (Å²) in [5, 5.41) is 3.35. The molecule has 0 saturated heterocycles. The third-order valence-electron chi connectivity index (χ3n) is 2.55. The van der Waals surface area contributed by atoms with Gasteiger partial charge in [-0.25, -0.2) is 0 Å². The van der Waals surface area contributed by atoms with Gasteiger partial charge in [-0.2, -0.15) is 0 Å². The normalized spacial score (nSPS) is 12.5. The molecule has 5 heteroatoms. The molecule has 0 unspecified atom stereocenters. The number of halogens is 1. The van der Waals surface area contributed by atoms with E-state index in [9.17, 15) is 0 Å². The molecule has 4 nitrogen and oxygen atoms in total. The molecule has 0 spiro atoms. The first-order chi connectivity index (χ1) is 8.81. The Morgan fingerprint density at radius 1 is 1.44 bits per heavy atom. The number of rotatable bonds is 7. The highest BCUT2D eigenvalue weighted by Gasteiger charge is 2.17. The number of hydrogen-bond acceptors (Lipinski definition) is 4. The summed E-state index contributed by atoms with van der Waals surface area (Å²) < 4.78 is 16.7. The van der Waals surface area contributed by atoms with Crippen molar-refractivity contribution in [3.05, 3.63) is 35.0 Å². The van der Waals surface area contributed by atoms with E-state index in [1.165, 1.54) is 6.26 Å². The first kappa shape index (κ1) is 13.2. The summed E-state index contributed by atoms with van der Waals surface area (Å²) in [7, 11) is 0. The van der Waals surface area contributed by atoms with Gasteiger partial charge in [0.25, 0.3) is 0 Å². The van der Waals surface area contributed by atoms with Crippen LogP contribution in [0.4, 0.5) is 0 Å². The van der Waals surface area contributed by atoms with Crippen molar-refractivity contribution in [2.24, 2.45) is 0 Å². The lowest BCUT2D eigenvalue weighted by atomic mass is 10.2. The molecule has 0 atom stereocenters. The zero-order valence-corrected chi connectivity index (χ0v) is 11.7. The van der Waals surface area contributed by atoms with Crippen molar-refractivity contribution >= 4 is 15.9 Å². The van der Waals surface area contributed by atoms with Gasteiger partial charge in [0, 0.05) is 6.54 Å². The van der Waals surface area contributed by atoms with E-state index in [4.69, 9.17) is 14.2 Å². The van der Waals surface area contributed by atoms with Gasteiger partial charge >= 0.3 is 0 Å². The van der Waals surface area contributed by atoms with Crippen molar-refractivity contribution in [3.8, 4) is 11.5 Å². The Morgan fingerprint density at radius 3 is 3.17 bits per heavy atom. The predicted octanol–water partition coefficient (Wildman–Crippen LogP) is 2.82. The second kappa shape index (κ2) is 6.66. The van der Waals surface area contributed by atoms with Gasteiger partial charge in [0.05, 0.1) is 17.3 Å². The quantitative estimate of drug-likeness (QED) is 0.620. The Hall–Kier alpha value is -1.20. The van der Waals surface area contributed by atoms with Crippen LogP contribution in [-0.2, 0) is 11.3 Å². The summed E-state index contributed by atoms with van der Waals surface area (Å²) in [5.41, 5.74) is 1.16. The molecule has 0 fully saturated rings. The van der Waals surface area contributed by atoms with Gasteiger partial charge in [-0.3, -0.25) is 0 Å². The van der Waals surface area contributed by atoms with Crippen LogP contribution in [0, 0.1) is 0 Å². The second-order valence-electron chi connectivity index (χ2n) is 3.88. The number of nitrogens with one attached hydrogen (secondary N) is 1. The molecule has 0 radical (unpaired) electrons. The summed E-state index contributed by atoms with van der Waals surface area (Å²) in [6, 6.07) is 4.04. The van der Waals surface area contributed by atoms with E-state index in [0.717, 1.165) is 41.0 Å². The molecule has 98 valence electrons. The molecule has 1 aliphatic rings.